The third-order valence-electron chi connectivity index (χ3n) is 4.16. The van der Waals surface area contributed by atoms with Crippen molar-refractivity contribution in [3.05, 3.63) is 88.7 Å². The minimum atomic E-state index is -4.65. The van der Waals surface area contributed by atoms with Crippen molar-refractivity contribution in [3.8, 4) is 17.6 Å². The fraction of sp³-hybridized carbons (Fsp3) is 0.0909. The summed E-state index contributed by atoms with van der Waals surface area (Å²) in [6, 6.07) is 14.0. The lowest BCUT2D eigenvalue weighted by Gasteiger charge is -2.16. The van der Waals surface area contributed by atoms with Crippen molar-refractivity contribution >= 4 is 11.6 Å². The number of halogens is 4. The number of nitriles is 1. The van der Waals surface area contributed by atoms with Crippen LogP contribution in [0.25, 0.3) is 0 Å². The molecule has 0 aromatic heterocycles. The molecule has 0 bridgehead atoms. The molecule has 0 aliphatic carbocycles. The van der Waals surface area contributed by atoms with Gasteiger partial charge in [0, 0.05) is 5.69 Å². The van der Waals surface area contributed by atoms with Crippen LogP contribution in [0.1, 0.15) is 27.0 Å². The lowest BCUT2D eigenvalue weighted by atomic mass is 10.1. The Labute approximate surface area is 169 Å². The van der Waals surface area contributed by atoms with Gasteiger partial charge in [0.25, 0.3) is 5.91 Å². The summed E-state index contributed by atoms with van der Waals surface area (Å²) in [5, 5.41) is 11.5. The van der Waals surface area contributed by atoms with Gasteiger partial charge >= 0.3 is 6.18 Å². The molecule has 4 nitrogen and oxygen atoms in total. The smallest absolute Gasteiger partial charge is 0.416 e. The van der Waals surface area contributed by atoms with E-state index in [0.717, 1.165) is 24.3 Å². The monoisotopic (exact) mass is 414 g/mol. The number of ether oxygens (including phenoxy) is 1. The topological polar surface area (TPSA) is 62.1 Å². The van der Waals surface area contributed by atoms with Gasteiger partial charge in [0.2, 0.25) is 0 Å². The zero-order valence-corrected chi connectivity index (χ0v) is 15.5. The van der Waals surface area contributed by atoms with E-state index in [-0.39, 0.29) is 17.1 Å². The van der Waals surface area contributed by atoms with E-state index < -0.39 is 23.5 Å². The number of nitrogens with zero attached hydrogens (tertiary/aromatic N) is 1. The minimum Gasteiger partial charge on any atom is -0.456 e. The van der Waals surface area contributed by atoms with E-state index in [0.29, 0.717) is 22.9 Å². The van der Waals surface area contributed by atoms with Gasteiger partial charge in [0.05, 0.1) is 22.8 Å². The van der Waals surface area contributed by atoms with Crippen LogP contribution in [-0.2, 0) is 6.18 Å². The molecule has 0 aliphatic heterocycles. The van der Waals surface area contributed by atoms with Gasteiger partial charge in [-0.05, 0) is 67.1 Å². The number of carbonyl (C=O) groups excluding carboxylic acids is 1. The molecule has 1 amide bonds. The highest BCUT2D eigenvalue weighted by molar-refractivity contribution is 6.06. The van der Waals surface area contributed by atoms with Crippen molar-refractivity contribution in [2.75, 3.05) is 5.32 Å². The van der Waals surface area contributed by atoms with Crippen LogP contribution < -0.4 is 10.1 Å². The fourth-order valence-electron chi connectivity index (χ4n) is 2.68. The average Bonchev–Trinajstić information content (AvgIpc) is 2.69. The highest BCUT2D eigenvalue weighted by Gasteiger charge is 2.32. The van der Waals surface area contributed by atoms with Gasteiger partial charge in [-0.1, -0.05) is 6.07 Å². The standard InChI is InChI=1S/C22H14F4N2O2/c1-13-9-16(23)6-8-19(13)30-20-11-15(22(24,25)26)5-7-18(20)21(29)28-17-4-2-3-14(10-17)12-27/h2-11H,1H3,(H,28,29). The van der Waals surface area contributed by atoms with E-state index in [1.807, 2.05) is 6.07 Å². The Bertz CT molecular complexity index is 1150. The van der Waals surface area contributed by atoms with Crippen LogP contribution in [0.2, 0.25) is 0 Å². The normalized spacial score (nSPS) is 10.9. The minimum absolute atomic E-state index is 0.108. The first-order chi connectivity index (χ1) is 14.2. The maximum atomic E-state index is 13.3. The SMILES string of the molecule is Cc1cc(F)ccc1Oc1cc(C(F)(F)F)ccc1C(=O)Nc1cccc(C#N)c1. The summed E-state index contributed by atoms with van der Waals surface area (Å²) in [6.45, 7) is 1.53. The van der Waals surface area contributed by atoms with Crippen molar-refractivity contribution in [3.63, 3.8) is 0 Å². The number of carbonyl (C=O) groups is 1. The molecule has 0 saturated carbocycles. The molecule has 3 aromatic rings. The molecule has 0 spiro atoms. The van der Waals surface area contributed by atoms with Gasteiger partial charge in [-0.25, -0.2) is 4.39 Å². The van der Waals surface area contributed by atoms with E-state index in [9.17, 15) is 22.4 Å². The Balaban J connectivity index is 2.00. The number of rotatable bonds is 4. The number of benzene rings is 3. The first-order valence-corrected chi connectivity index (χ1v) is 8.64. The van der Waals surface area contributed by atoms with E-state index in [2.05, 4.69) is 5.32 Å². The number of amides is 1. The number of alkyl halides is 3. The predicted octanol–water partition coefficient (Wildman–Crippen LogP) is 6.07. The maximum Gasteiger partial charge on any atom is 0.416 e. The summed E-state index contributed by atoms with van der Waals surface area (Å²) >= 11 is 0. The van der Waals surface area contributed by atoms with E-state index in [1.54, 1.807) is 12.1 Å². The number of hydrogen-bond acceptors (Lipinski definition) is 3. The van der Waals surface area contributed by atoms with Crippen LogP contribution in [0, 0.1) is 24.1 Å². The van der Waals surface area contributed by atoms with E-state index in [1.165, 1.54) is 25.1 Å². The summed E-state index contributed by atoms with van der Waals surface area (Å²) < 4.78 is 58.4. The Morgan fingerprint density at radius 3 is 2.47 bits per heavy atom. The van der Waals surface area contributed by atoms with E-state index >= 15 is 0 Å². The molecule has 0 fully saturated rings. The van der Waals surface area contributed by atoms with Gasteiger partial charge in [0.15, 0.2) is 0 Å². The predicted molar refractivity (Wildman–Crippen MR) is 102 cm³/mol. The summed E-state index contributed by atoms with van der Waals surface area (Å²) in [4.78, 5) is 12.7. The van der Waals surface area contributed by atoms with Crippen LogP contribution >= 0.6 is 0 Å². The number of hydrogen-bond donors (Lipinski definition) is 1. The van der Waals surface area contributed by atoms with Crippen LogP contribution in [0.3, 0.4) is 0 Å². The molecule has 30 heavy (non-hydrogen) atoms. The Kier molecular flexibility index (Phi) is 5.74. The Hall–Kier alpha value is -3.86. The van der Waals surface area contributed by atoms with Crippen molar-refractivity contribution in [1.82, 2.24) is 0 Å². The van der Waals surface area contributed by atoms with E-state index in [4.69, 9.17) is 10.00 Å². The van der Waals surface area contributed by atoms with Crippen molar-refractivity contribution < 1.29 is 27.1 Å². The summed E-state index contributed by atoms with van der Waals surface area (Å²) in [5.74, 6) is -1.49. The maximum absolute atomic E-state index is 13.3. The van der Waals surface area contributed by atoms with Crippen molar-refractivity contribution in [2.45, 2.75) is 13.1 Å². The second kappa shape index (κ2) is 8.25. The second-order valence-corrected chi connectivity index (χ2v) is 6.37. The molecular weight excluding hydrogens is 400 g/mol. The van der Waals surface area contributed by atoms with Crippen LogP contribution in [0.4, 0.5) is 23.2 Å². The molecule has 3 rings (SSSR count). The third kappa shape index (κ3) is 4.75. The fourth-order valence-corrected chi connectivity index (χ4v) is 2.68. The first kappa shape index (κ1) is 20.9. The summed E-state index contributed by atoms with van der Waals surface area (Å²) in [7, 11) is 0. The Morgan fingerprint density at radius 2 is 1.80 bits per heavy atom. The average molecular weight is 414 g/mol. The van der Waals surface area contributed by atoms with Crippen LogP contribution in [0.5, 0.6) is 11.5 Å². The van der Waals surface area contributed by atoms with Gasteiger partial charge < -0.3 is 10.1 Å². The molecule has 152 valence electrons. The number of nitrogens with one attached hydrogen (secondary N) is 1. The molecule has 0 saturated heterocycles. The first-order valence-electron chi connectivity index (χ1n) is 8.64. The molecule has 0 radical (unpaired) electrons. The van der Waals surface area contributed by atoms with Crippen LogP contribution in [0.15, 0.2) is 60.7 Å². The molecule has 3 aromatic carbocycles. The second-order valence-electron chi connectivity index (χ2n) is 6.37. The van der Waals surface area contributed by atoms with Crippen molar-refractivity contribution in [2.24, 2.45) is 0 Å². The third-order valence-corrected chi connectivity index (χ3v) is 4.16. The molecular formula is C22H14F4N2O2. The Morgan fingerprint density at radius 1 is 1.03 bits per heavy atom. The number of aryl methyl sites for hydroxylation is 1. The molecule has 0 heterocycles. The lowest BCUT2D eigenvalue weighted by Crippen LogP contribution is -2.14. The van der Waals surface area contributed by atoms with Crippen molar-refractivity contribution in [1.29, 1.82) is 5.26 Å². The number of anilines is 1. The van der Waals surface area contributed by atoms with Crippen LogP contribution in [-0.4, -0.2) is 5.91 Å². The molecule has 0 unspecified atom stereocenters. The zero-order valence-electron chi connectivity index (χ0n) is 15.5. The molecule has 1 N–H and O–H groups in total. The van der Waals surface area contributed by atoms with Gasteiger partial charge in [0.1, 0.15) is 17.3 Å². The molecule has 0 aliphatic rings. The molecule has 8 heteroatoms. The largest absolute Gasteiger partial charge is 0.456 e. The lowest BCUT2D eigenvalue weighted by molar-refractivity contribution is -0.137. The zero-order chi connectivity index (χ0) is 21.9. The van der Waals surface area contributed by atoms with Gasteiger partial charge in [-0.3, -0.25) is 4.79 Å². The quantitative estimate of drug-likeness (QED) is 0.527. The summed E-state index contributed by atoms with van der Waals surface area (Å²) in [6.07, 6.45) is -4.65. The highest BCUT2D eigenvalue weighted by atomic mass is 19.4. The van der Waals surface area contributed by atoms with Gasteiger partial charge in [-0.15, -0.1) is 0 Å². The molecule has 0 atom stereocenters. The van der Waals surface area contributed by atoms with Gasteiger partial charge in [-0.2, -0.15) is 18.4 Å². The summed E-state index contributed by atoms with van der Waals surface area (Å²) in [5.41, 5.74) is -0.212. The highest BCUT2D eigenvalue weighted by Crippen LogP contribution is 2.36.